The van der Waals surface area contributed by atoms with Gasteiger partial charge in [0, 0.05) is 24.8 Å². The van der Waals surface area contributed by atoms with Crippen LogP contribution < -0.4 is 14.4 Å². The fraction of sp³-hybridized carbons (Fsp3) is 0.400. The molecule has 8 nitrogen and oxygen atoms in total. The van der Waals surface area contributed by atoms with E-state index in [0.29, 0.717) is 35.7 Å². The normalized spacial score (nSPS) is 16.1. The van der Waals surface area contributed by atoms with Crippen LogP contribution in [0.15, 0.2) is 88.4 Å². The van der Waals surface area contributed by atoms with Crippen LogP contribution in [0.4, 0.5) is 11.4 Å². The lowest BCUT2D eigenvalue weighted by Gasteiger charge is -2.44. The number of carboxylic acids is 1. The van der Waals surface area contributed by atoms with E-state index in [9.17, 15) is 9.90 Å². The first-order valence-corrected chi connectivity index (χ1v) is 18.0. The van der Waals surface area contributed by atoms with Gasteiger partial charge >= 0.3 is 5.97 Å². The molecular weight excluding hydrogens is 609 g/mol. The number of sulfonamides is 1. The lowest BCUT2D eigenvalue weighted by molar-refractivity contribution is -0.132. The number of fused-ring (bicyclic) bond motifs is 1. The van der Waals surface area contributed by atoms with Crippen molar-refractivity contribution in [2.45, 2.75) is 81.2 Å². The number of nitrogens with zero attached hydrogens (tertiary/aromatic N) is 2. The summed E-state index contributed by atoms with van der Waals surface area (Å²) >= 11 is 1.42. The summed E-state index contributed by atoms with van der Waals surface area (Å²) in [7, 11) is -2.50. The van der Waals surface area contributed by atoms with E-state index in [1.54, 1.807) is 17.5 Å². The third-order valence-corrected chi connectivity index (χ3v) is 11.1. The first-order chi connectivity index (χ1) is 21.6. The number of carbonyl (C=O) groups is 1. The van der Waals surface area contributed by atoms with Crippen LogP contribution in [0.1, 0.15) is 64.9 Å². The van der Waals surface area contributed by atoms with Crippen LogP contribution in [-0.4, -0.2) is 49.2 Å². The summed E-state index contributed by atoms with van der Waals surface area (Å²) < 4.78 is 43.3. The molecule has 0 saturated heterocycles. The molecule has 4 rings (SSSR count). The topological polar surface area (TPSA) is 96.4 Å². The SMILES string of the molecule is CCCCC1(CCCC)CN(c2ccccc2)c2cc(SC)c(O/C=C(\C)C(=O)O)cc2S(=O)(=O)N1Cc1ccc(OC)cc1. The molecule has 0 saturated carbocycles. The van der Waals surface area contributed by atoms with Crippen molar-refractivity contribution in [2.24, 2.45) is 0 Å². The van der Waals surface area contributed by atoms with E-state index in [2.05, 4.69) is 18.7 Å². The molecule has 0 fully saturated rings. The predicted octanol–water partition coefficient (Wildman–Crippen LogP) is 8.25. The maximum absolute atomic E-state index is 15.2. The molecular formula is C35H44N2O6S2. The fourth-order valence-electron chi connectivity index (χ4n) is 5.77. The number of carboxylic acid groups (broad SMARTS) is 1. The smallest absolute Gasteiger partial charge is 0.334 e. The number of methoxy groups -OCH3 is 1. The zero-order valence-electron chi connectivity index (χ0n) is 26.8. The Balaban J connectivity index is 2.02. The Morgan fingerprint density at radius 2 is 1.67 bits per heavy atom. The lowest BCUT2D eigenvalue weighted by atomic mass is 9.85. The number of rotatable bonds is 14. The van der Waals surface area contributed by atoms with Gasteiger partial charge in [-0.1, -0.05) is 69.9 Å². The van der Waals surface area contributed by atoms with Crippen molar-refractivity contribution >= 4 is 39.1 Å². The van der Waals surface area contributed by atoms with Gasteiger partial charge in [-0.25, -0.2) is 13.2 Å². The molecule has 10 heteroatoms. The van der Waals surface area contributed by atoms with Gasteiger partial charge in [0.2, 0.25) is 10.0 Å². The molecule has 0 spiro atoms. The molecule has 0 aromatic heterocycles. The van der Waals surface area contributed by atoms with Crippen LogP contribution >= 0.6 is 11.8 Å². The van der Waals surface area contributed by atoms with Gasteiger partial charge in [-0.05, 0) is 61.9 Å². The summed E-state index contributed by atoms with van der Waals surface area (Å²) in [5, 5.41) is 9.40. The van der Waals surface area contributed by atoms with Crippen LogP contribution in [-0.2, 0) is 21.4 Å². The summed E-state index contributed by atoms with van der Waals surface area (Å²) in [5.41, 5.74) is 1.64. The molecule has 1 heterocycles. The highest BCUT2D eigenvalue weighted by Gasteiger charge is 2.49. The Kier molecular flexibility index (Phi) is 11.6. The Hall–Kier alpha value is -3.47. The van der Waals surface area contributed by atoms with Gasteiger partial charge in [-0.2, -0.15) is 4.31 Å². The van der Waals surface area contributed by atoms with Gasteiger partial charge in [0.25, 0.3) is 0 Å². The van der Waals surface area contributed by atoms with Crippen molar-refractivity contribution in [3.63, 3.8) is 0 Å². The molecule has 1 aliphatic rings. The van der Waals surface area contributed by atoms with Gasteiger partial charge in [0.05, 0.1) is 28.8 Å². The molecule has 1 aliphatic heterocycles. The summed E-state index contributed by atoms with van der Waals surface area (Å²) in [4.78, 5) is 14.5. The second-order valence-electron chi connectivity index (χ2n) is 11.4. The molecule has 3 aromatic carbocycles. The van der Waals surface area contributed by atoms with E-state index in [1.807, 2.05) is 66.9 Å². The first-order valence-electron chi connectivity index (χ1n) is 15.4. The number of unbranched alkanes of at least 4 members (excludes halogenated alkanes) is 2. The fourth-order valence-corrected chi connectivity index (χ4v) is 8.30. The molecule has 0 aliphatic carbocycles. The van der Waals surface area contributed by atoms with Crippen LogP contribution in [0.3, 0.4) is 0 Å². The van der Waals surface area contributed by atoms with Crippen LogP contribution in [0.2, 0.25) is 0 Å². The Labute approximate surface area is 272 Å². The van der Waals surface area contributed by atoms with E-state index in [1.165, 1.54) is 18.7 Å². The number of thioether (sulfide) groups is 1. The lowest BCUT2D eigenvalue weighted by Crippen LogP contribution is -2.55. The van der Waals surface area contributed by atoms with Crippen molar-refractivity contribution in [3.05, 3.63) is 84.1 Å². The second-order valence-corrected chi connectivity index (χ2v) is 14.1. The minimum Gasteiger partial charge on any atom is -0.497 e. The molecule has 0 radical (unpaired) electrons. The van der Waals surface area contributed by atoms with Crippen molar-refractivity contribution < 1.29 is 27.8 Å². The van der Waals surface area contributed by atoms with E-state index in [0.717, 1.165) is 43.2 Å². The quantitative estimate of drug-likeness (QED) is 0.106. The maximum Gasteiger partial charge on any atom is 0.334 e. The van der Waals surface area contributed by atoms with Crippen molar-refractivity contribution in [1.29, 1.82) is 0 Å². The summed E-state index contributed by atoms with van der Waals surface area (Å²) in [6.07, 6.45) is 8.08. The van der Waals surface area contributed by atoms with Crippen LogP contribution in [0.5, 0.6) is 11.5 Å². The zero-order chi connectivity index (χ0) is 32.6. The summed E-state index contributed by atoms with van der Waals surface area (Å²) in [6.45, 7) is 6.38. The predicted molar refractivity (Wildman–Crippen MR) is 181 cm³/mol. The molecule has 3 aromatic rings. The zero-order valence-corrected chi connectivity index (χ0v) is 28.4. The molecule has 0 atom stereocenters. The third kappa shape index (κ3) is 7.68. The Morgan fingerprint density at radius 3 is 2.22 bits per heavy atom. The van der Waals surface area contributed by atoms with Gasteiger partial charge < -0.3 is 19.5 Å². The average molecular weight is 653 g/mol. The van der Waals surface area contributed by atoms with E-state index in [-0.39, 0.29) is 22.8 Å². The largest absolute Gasteiger partial charge is 0.497 e. The molecule has 0 unspecified atom stereocenters. The van der Waals surface area contributed by atoms with Crippen LogP contribution in [0.25, 0.3) is 0 Å². The van der Waals surface area contributed by atoms with E-state index < -0.39 is 21.5 Å². The average Bonchev–Trinajstić information content (AvgIpc) is 3.13. The number of para-hydroxylation sites is 1. The number of hydrogen-bond donors (Lipinski definition) is 1. The number of hydrogen-bond acceptors (Lipinski definition) is 7. The second kappa shape index (κ2) is 15.2. The third-order valence-electron chi connectivity index (χ3n) is 8.33. The Morgan fingerprint density at radius 1 is 1.02 bits per heavy atom. The number of ether oxygens (including phenoxy) is 2. The summed E-state index contributed by atoms with van der Waals surface area (Å²) in [5.74, 6) is -0.115. The van der Waals surface area contributed by atoms with E-state index >= 15 is 8.42 Å². The number of benzene rings is 3. The van der Waals surface area contributed by atoms with Crippen molar-refractivity contribution in [2.75, 3.05) is 24.8 Å². The number of aliphatic carboxylic acids is 1. The molecule has 0 bridgehead atoms. The number of anilines is 2. The van der Waals surface area contributed by atoms with Crippen LogP contribution in [0, 0.1) is 0 Å². The van der Waals surface area contributed by atoms with E-state index in [4.69, 9.17) is 9.47 Å². The molecule has 242 valence electrons. The van der Waals surface area contributed by atoms with Gasteiger partial charge in [-0.3, -0.25) is 0 Å². The van der Waals surface area contributed by atoms with Gasteiger partial charge in [0.15, 0.2) is 0 Å². The minimum absolute atomic E-state index is 0.00467. The first kappa shape index (κ1) is 34.4. The molecule has 0 amide bonds. The van der Waals surface area contributed by atoms with Crippen molar-refractivity contribution in [3.8, 4) is 11.5 Å². The standard InChI is InChI=1S/C35H44N2O6S2/c1-6-8-19-35(20-9-7-2)25-36(28-13-11-10-12-14-28)30-21-32(44-5)31(43-24-26(3)34(38)39)22-33(30)45(40,41)37(35)23-27-15-17-29(42-4)18-16-27/h10-18,21-22,24H,6-9,19-20,23,25H2,1-5H3,(H,38,39)/b26-24+. The minimum atomic E-state index is -4.11. The summed E-state index contributed by atoms with van der Waals surface area (Å²) in [6, 6.07) is 20.9. The molecule has 1 N–H and O–H groups in total. The van der Waals surface area contributed by atoms with Gasteiger partial charge in [-0.15, -0.1) is 11.8 Å². The monoisotopic (exact) mass is 652 g/mol. The van der Waals surface area contributed by atoms with Crippen molar-refractivity contribution in [1.82, 2.24) is 4.31 Å². The highest BCUT2D eigenvalue weighted by molar-refractivity contribution is 7.98. The highest BCUT2D eigenvalue weighted by Crippen LogP contribution is 2.48. The molecule has 45 heavy (non-hydrogen) atoms. The highest BCUT2D eigenvalue weighted by atomic mass is 32.2. The maximum atomic E-state index is 15.2. The Bertz CT molecular complexity index is 1580. The van der Waals surface area contributed by atoms with Gasteiger partial charge in [0.1, 0.15) is 22.7 Å².